The highest BCUT2D eigenvalue weighted by Crippen LogP contribution is 2.06. The van der Waals surface area contributed by atoms with E-state index in [1.165, 1.54) is 19.3 Å². The van der Waals surface area contributed by atoms with Crippen LogP contribution in [0.2, 0.25) is 0 Å². The molecular weight excluding hydrogens is 120 g/mol. The van der Waals surface area contributed by atoms with Crippen molar-refractivity contribution in [2.75, 3.05) is 0 Å². The van der Waals surface area contributed by atoms with Gasteiger partial charge in [-0.3, -0.25) is 0 Å². The highest BCUT2D eigenvalue weighted by atomic mass is 14.0. The highest BCUT2D eigenvalue weighted by molar-refractivity contribution is 4.96. The minimum Gasteiger partial charge on any atom is -0.0991 e. The number of rotatable bonds is 5. The van der Waals surface area contributed by atoms with Crippen LogP contribution in [0.1, 0.15) is 33.1 Å². The Kier molecular flexibility index (Phi) is 6.25. The van der Waals surface area contributed by atoms with Crippen molar-refractivity contribution >= 4 is 0 Å². The lowest BCUT2D eigenvalue weighted by molar-refractivity contribution is 0.560. The third kappa shape index (κ3) is 7.48. The molecule has 0 aliphatic carbocycles. The van der Waals surface area contributed by atoms with Crippen molar-refractivity contribution in [3.8, 4) is 0 Å². The van der Waals surface area contributed by atoms with E-state index >= 15 is 0 Å². The van der Waals surface area contributed by atoms with Crippen molar-refractivity contribution < 1.29 is 0 Å². The highest BCUT2D eigenvalue weighted by Gasteiger charge is 1.90. The summed E-state index contributed by atoms with van der Waals surface area (Å²) in [7, 11) is 0. The molecule has 0 amide bonds. The molecular formula is C10H18. The Labute approximate surface area is 64.6 Å². The zero-order valence-electron chi connectivity index (χ0n) is 7.14. The summed E-state index contributed by atoms with van der Waals surface area (Å²) in [6, 6.07) is 0. The maximum atomic E-state index is 3.61. The van der Waals surface area contributed by atoms with Crippen molar-refractivity contribution in [3.63, 3.8) is 0 Å². The fraction of sp³-hybridized carbons (Fsp3) is 0.600. The number of hydrogen-bond acceptors (Lipinski definition) is 0. The van der Waals surface area contributed by atoms with Gasteiger partial charge in [-0.05, 0) is 18.8 Å². The fourth-order valence-electron chi connectivity index (χ4n) is 0.836. The quantitative estimate of drug-likeness (QED) is 0.402. The lowest BCUT2D eigenvalue weighted by Crippen LogP contribution is -1.84. The predicted octanol–water partition coefficient (Wildman–Crippen LogP) is 3.55. The molecule has 0 fully saturated rings. The molecule has 0 atom stereocenters. The second-order valence-corrected chi connectivity index (χ2v) is 2.99. The average Bonchev–Trinajstić information content (AvgIpc) is 1.87. The van der Waals surface area contributed by atoms with E-state index in [1.54, 1.807) is 0 Å². The van der Waals surface area contributed by atoms with E-state index in [-0.39, 0.29) is 0 Å². The molecule has 0 aromatic carbocycles. The maximum absolute atomic E-state index is 3.61. The van der Waals surface area contributed by atoms with Crippen molar-refractivity contribution in [1.29, 1.82) is 0 Å². The molecule has 0 aromatic rings. The molecule has 0 heterocycles. The van der Waals surface area contributed by atoms with Crippen molar-refractivity contribution in [2.45, 2.75) is 33.1 Å². The van der Waals surface area contributed by atoms with Gasteiger partial charge in [-0.25, -0.2) is 0 Å². The smallest absolute Gasteiger partial charge is 0.0348 e. The Morgan fingerprint density at radius 2 is 2.10 bits per heavy atom. The molecule has 0 N–H and O–H groups in total. The molecule has 0 aromatic heterocycles. The lowest BCUT2D eigenvalue weighted by Gasteiger charge is -1.99. The molecule has 0 saturated carbocycles. The molecule has 0 unspecified atom stereocenters. The Hall–Kier alpha value is -0.520. The van der Waals surface area contributed by atoms with Crippen LogP contribution in [0, 0.1) is 5.92 Å². The summed E-state index contributed by atoms with van der Waals surface area (Å²) < 4.78 is 0. The SMILES string of the molecule is C=CC=CCCCC(C)C. The van der Waals surface area contributed by atoms with Gasteiger partial charge < -0.3 is 0 Å². The molecule has 0 aliphatic rings. The summed E-state index contributed by atoms with van der Waals surface area (Å²) in [5.74, 6) is 0.845. The number of allylic oxidation sites excluding steroid dienone is 3. The topological polar surface area (TPSA) is 0 Å². The van der Waals surface area contributed by atoms with Gasteiger partial charge in [-0.2, -0.15) is 0 Å². The van der Waals surface area contributed by atoms with E-state index in [2.05, 4.69) is 26.5 Å². The van der Waals surface area contributed by atoms with E-state index in [0.717, 1.165) is 5.92 Å². The van der Waals surface area contributed by atoms with Gasteiger partial charge in [-0.1, -0.05) is 45.1 Å². The van der Waals surface area contributed by atoms with Crippen LogP contribution in [0.3, 0.4) is 0 Å². The van der Waals surface area contributed by atoms with Crippen LogP contribution in [-0.2, 0) is 0 Å². The summed E-state index contributed by atoms with van der Waals surface area (Å²) in [5.41, 5.74) is 0. The predicted molar refractivity (Wildman–Crippen MR) is 48.0 cm³/mol. The third-order valence-electron chi connectivity index (χ3n) is 1.42. The molecule has 58 valence electrons. The van der Waals surface area contributed by atoms with Crippen molar-refractivity contribution in [2.24, 2.45) is 5.92 Å². The Bertz CT molecular complexity index is 98.6. The van der Waals surface area contributed by atoms with Crippen LogP contribution in [-0.4, -0.2) is 0 Å². The van der Waals surface area contributed by atoms with Crippen molar-refractivity contribution in [3.05, 3.63) is 24.8 Å². The fourth-order valence-corrected chi connectivity index (χ4v) is 0.836. The van der Waals surface area contributed by atoms with E-state index in [9.17, 15) is 0 Å². The van der Waals surface area contributed by atoms with Crippen LogP contribution < -0.4 is 0 Å². The van der Waals surface area contributed by atoms with E-state index < -0.39 is 0 Å². The zero-order chi connectivity index (χ0) is 7.82. The van der Waals surface area contributed by atoms with Crippen LogP contribution in [0.25, 0.3) is 0 Å². The summed E-state index contributed by atoms with van der Waals surface area (Å²) in [6.07, 6.45) is 9.86. The van der Waals surface area contributed by atoms with Gasteiger partial charge in [-0.15, -0.1) is 0 Å². The monoisotopic (exact) mass is 138 g/mol. The van der Waals surface area contributed by atoms with Gasteiger partial charge in [0, 0.05) is 0 Å². The minimum atomic E-state index is 0.845. The van der Waals surface area contributed by atoms with E-state index in [1.807, 2.05) is 12.2 Å². The number of unbranched alkanes of at least 4 members (excludes halogenated alkanes) is 1. The Balaban J connectivity index is 3.04. The molecule has 0 saturated heterocycles. The van der Waals surface area contributed by atoms with E-state index in [0.29, 0.717) is 0 Å². The summed E-state index contributed by atoms with van der Waals surface area (Å²) in [5, 5.41) is 0. The van der Waals surface area contributed by atoms with Crippen LogP contribution >= 0.6 is 0 Å². The summed E-state index contributed by atoms with van der Waals surface area (Å²) >= 11 is 0. The molecule has 0 rings (SSSR count). The normalized spacial score (nSPS) is 11.1. The third-order valence-corrected chi connectivity index (χ3v) is 1.42. The van der Waals surface area contributed by atoms with Crippen LogP contribution in [0.4, 0.5) is 0 Å². The second-order valence-electron chi connectivity index (χ2n) is 2.99. The van der Waals surface area contributed by atoms with Crippen molar-refractivity contribution in [1.82, 2.24) is 0 Å². The standard InChI is InChI=1S/C10H18/c1-4-5-6-7-8-9-10(2)3/h4-6,10H,1,7-9H2,2-3H3. The molecule has 0 bridgehead atoms. The summed E-state index contributed by atoms with van der Waals surface area (Å²) in [4.78, 5) is 0. The molecule has 0 spiro atoms. The summed E-state index contributed by atoms with van der Waals surface area (Å²) in [6.45, 7) is 8.13. The van der Waals surface area contributed by atoms with E-state index in [4.69, 9.17) is 0 Å². The van der Waals surface area contributed by atoms with Crippen LogP contribution in [0.15, 0.2) is 24.8 Å². The average molecular weight is 138 g/mol. The largest absolute Gasteiger partial charge is 0.0991 e. The Morgan fingerprint density at radius 3 is 2.60 bits per heavy atom. The molecule has 0 aliphatic heterocycles. The number of hydrogen-bond donors (Lipinski definition) is 0. The minimum absolute atomic E-state index is 0.845. The molecule has 0 nitrogen and oxygen atoms in total. The van der Waals surface area contributed by atoms with Crippen LogP contribution in [0.5, 0.6) is 0 Å². The molecule has 0 radical (unpaired) electrons. The first-order valence-electron chi connectivity index (χ1n) is 4.05. The zero-order valence-corrected chi connectivity index (χ0v) is 7.14. The first kappa shape index (κ1) is 9.48. The maximum Gasteiger partial charge on any atom is -0.0348 e. The molecule has 0 heteroatoms. The van der Waals surface area contributed by atoms with Gasteiger partial charge in [0.25, 0.3) is 0 Å². The van der Waals surface area contributed by atoms with Gasteiger partial charge in [0.1, 0.15) is 0 Å². The Morgan fingerprint density at radius 1 is 1.40 bits per heavy atom. The first-order valence-corrected chi connectivity index (χ1v) is 4.05. The van der Waals surface area contributed by atoms with Gasteiger partial charge in [0.05, 0.1) is 0 Å². The first-order chi connectivity index (χ1) is 4.77. The second kappa shape index (κ2) is 6.60. The molecule has 10 heavy (non-hydrogen) atoms. The van der Waals surface area contributed by atoms with Gasteiger partial charge >= 0.3 is 0 Å². The lowest BCUT2D eigenvalue weighted by atomic mass is 10.1. The van der Waals surface area contributed by atoms with Gasteiger partial charge in [0.2, 0.25) is 0 Å². The van der Waals surface area contributed by atoms with Gasteiger partial charge in [0.15, 0.2) is 0 Å².